The van der Waals surface area contributed by atoms with Gasteiger partial charge in [-0.3, -0.25) is 4.79 Å². The molecule has 0 amide bonds. The van der Waals surface area contributed by atoms with Gasteiger partial charge >= 0.3 is 5.97 Å². The minimum Gasteiger partial charge on any atom is -0.467 e. The van der Waals surface area contributed by atoms with Gasteiger partial charge in [-0.1, -0.05) is 0 Å². The summed E-state index contributed by atoms with van der Waals surface area (Å²) in [5, 5.41) is 8.33. The van der Waals surface area contributed by atoms with Gasteiger partial charge in [0.15, 0.2) is 0 Å². The van der Waals surface area contributed by atoms with Gasteiger partial charge in [0, 0.05) is 0 Å². The van der Waals surface area contributed by atoms with E-state index in [1.807, 2.05) is 0 Å². The molecular weight excluding hydrogens is 172 g/mol. The van der Waals surface area contributed by atoms with E-state index < -0.39 is 0 Å². The Hall–Kier alpha value is -1.55. The normalized spacial score (nSPS) is 13.5. The molecule has 0 radical (unpaired) electrons. The first-order chi connectivity index (χ1) is 6.33. The van der Waals surface area contributed by atoms with Crippen molar-refractivity contribution < 1.29 is 19.1 Å². The van der Waals surface area contributed by atoms with Gasteiger partial charge in [-0.2, -0.15) is 0 Å². The number of aliphatic hydroxyl groups excluding tert-OH is 1. The first-order valence-corrected chi connectivity index (χ1v) is 3.80. The third-order valence-electron chi connectivity index (χ3n) is 1.32. The second-order valence-corrected chi connectivity index (χ2v) is 2.30. The summed E-state index contributed by atoms with van der Waals surface area (Å²) < 4.78 is 9.07. The van der Waals surface area contributed by atoms with Crippen LogP contribution in [0.25, 0.3) is 0 Å². The summed E-state index contributed by atoms with van der Waals surface area (Å²) in [7, 11) is 0. The largest absolute Gasteiger partial charge is 0.467 e. The van der Waals surface area contributed by atoms with E-state index in [9.17, 15) is 4.79 Å². The van der Waals surface area contributed by atoms with Crippen LogP contribution in [0.5, 0.6) is 0 Å². The van der Waals surface area contributed by atoms with Crippen molar-refractivity contribution in [2.45, 2.75) is 13.0 Å². The van der Waals surface area contributed by atoms with Crippen LogP contribution in [0.3, 0.4) is 0 Å². The number of carbonyl (C=O) groups is 1. The van der Waals surface area contributed by atoms with E-state index in [1.165, 1.54) is 12.5 Å². The summed E-state index contributed by atoms with van der Waals surface area (Å²) in [6.07, 6.45) is 5.07. The number of hydrogen-bond donors (Lipinski definition) is 1. The van der Waals surface area contributed by atoms with Gasteiger partial charge in [0.2, 0.25) is 0 Å². The van der Waals surface area contributed by atoms with Crippen LogP contribution in [0.2, 0.25) is 0 Å². The molecule has 1 aromatic heterocycles. The number of ether oxygens (including phenoxy) is 1. The van der Waals surface area contributed by atoms with Crippen LogP contribution in [0.1, 0.15) is 12.2 Å². The highest BCUT2D eigenvalue weighted by molar-refractivity contribution is 5.73. The van der Waals surface area contributed by atoms with Crippen molar-refractivity contribution in [3.63, 3.8) is 0 Å². The highest BCUT2D eigenvalue weighted by atomic mass is 16.5. The van der Waals surface area contributed by atoms with E-state index in [1.54, 1.807) is 18.2 Å². The molecule has 0 bridgehead atoms. The minimum atomic E-state index is -0.157. The molecule has 0 saturated heterocycles. The fourth-order valence-corrected chi connectivity index (χ4v) is 0.719. The summed E-state index contributed by atoms with van der Waals surface area (Å²) in [5.41, 5.74) is 0. The molecule has 70 valence electrons. The molecular formula is C9H10O4. The predicted molar refractivity (Wildman–Crippen MR) is 44.5 cm³/mol. The number of esters is 1. The lowest BCUT2D eigenvalue weighted by Crippen LogP contribution is -1.87. The van der Waals surface area contributed by atoms with E-state index in [0.717, 1.165) is 0 Å². The Kier molecular flexibility index (Phi) is 3.78. The number of furan rings is 1. The fraction of sp³-hybridized carbons (Fsp3) is 0.222. The molecule has 0 atom stereocenters. The molecule has 1 N–H and O–H groups in total. The predicted octanol–water partition coefficient (Wildman–Crippen LogP) is 1.22. The smallest absolute Gasteiger partial charge is 0.314 e. The summed E-state index contributed by atoms with van der Waals surface area (Å²) >= 11 is 0. The topological polar surface area (TPSA) is 59.7 Å². The van der Waals surface area contributed by atoms with Crippen LogP contribution in [0, 0.1) is 0 Å². The molecule has 1 aliphatic rings. The Morgan fingerprint density at radius 3 is 2.62 bits per heavy atom. The van der Waals surface area contributed by atoms with Gasteiger partial charge in [0.05, 0.1) is 18.9 Å². The summed E-state index contributed by atoms with van der Waals surface area (Å²) in [4.78, 5) is 9.96. The number of rotatable bonds is 1. The van der Waals surface area contributed by atoms with E-state index in [2.05, 4.69) is 4.74 Å². The Labute approximate surface area is 75.4 Å². The number of hydrogen-bond acceptors (Lipinski definition) is 4. The first kappa shape index (κ1) is 9.54. The lowest BCUT2D eigenvalue weighted by atomic mass is 10.5. The summed E-state index contributed by atoms with van der Waals surface area (Å²) in [5.74, 6) is 0.454. The second-order valence-electron chi connectivity index (χ2n) is 2.30. The minimum absolute atomic E-state index is 0.00694. The molecule has 0 aromatic carbocycles. The van der Waals surface area contributed by atoms with Gasteiger partial charge in [-0.25, -0.2) is 0 Å². The Bertz CT molecular complexity index is 264. The van der Waals surface area contributed by atoms with Gasteiger partial charge < -0.3 is 14.3 Å². The third-order valence-corrected chi connectivity index (χ3v) is 1.32. The maximum absolute atomic E-state index is 9.96. The van der Waals surface area contributed by atoms with Crippen LogP contribution >= 0.6 is 0 Å². The van der Waals surface area contributed by atoms with Gasteiger partial charge in [0.1, 0.15) is 12.4 Å². The van der Waals surface area contributed by atoms with Crippen molar-refractivity contribution in [3.8, 4) is 0 Å². The van der Waals surface area contributed by atoms with E-state index in [4.69, 9.17) is 9.52 Å². The van der Waals surface area contributed by atoms with Crippen molar-refractivity contribution in [1.82, 2.24) is 0 Å². The fourth-order valence-electron chi connectivity index (χ4n) is 0.719. The lowest BCUT2D eigenvalue weighted by Gasteiger charge is -1.79. The van der Waals surface area contributed by atoms with E-state index in [0.29, 0.717) is 12.2 Å². The molecule has 13 heavy (non-hydrogen) atoms. The van der Waals surface area contributed by atoms with Crippen LogP contribution in [-0.4, -0.2) is 11.1 Å². The molecule has 4 nitrogen and oxygen atoms in total. The van der Waals surface area contributed by atoms with Crippen molar-refractivity contribution >= 4 is 5.97 Å². The molecule has 0 fully saturated rings. The van der Waals surface area contributed by atoms with Gasteiger partial charge in [-0.05, 0) is 18.2 Å². The number of cyclic esters (lactones) is 1. The maximum Gasteiger partial charge on any atom is 0.314 e. The Balaban J connectivity index is 0.000000132. The molecule has 0 unspecified atom stereocenters. The molecule has 1 aliphatic heterocycles. The van der Waals surface area contributed by atoms with Crippen LogP contribution in [-0.2, 0) is 16.1 Å². The Morgan fingerprint density at radius 1 is 1.54 bits per heavy atom. The average Bonchev–Trinajstić information content (AvgIpc) is 2.76. The zero-order valence-electron chi connectivity index (χ0n) is 6.97. The summed E-state index contributed by atoms with van der Waals surface area (Å²) in [6.45, 7) is -0.00694. The maximum atomic E-state index is 9.96. The number of aliphatic hydroxyl groups is 1. The molecule has 2 heterocycles. The van der Waals surface area contributed by atoms with Crippen molar-refractivity contribution in [2.75, 3.05) is 0 Å². The zero-order valence-corrected chi connectivity index (χ0v) is 6.97. The van der Waals surface area contributed by atoms with E-state index >= 15 is 0 Å². The van der Waals surface area contributed by atoms with Crippen LogP contribution in [0.15, 0.2) is 35.2 Å². The van der Waals surface area contributed by atoms with Gasteiger partial charge in [0.25, 0.3) is 0 Å². The lowest BCUT2D eigenvalue weighted by molar-refractivity contribution is -0.135. The van der Waals surface area contributed by atoms with Crippen molar-refractivity contribution in [2.24, 2.45) is 0 Å². The molecule has 0 aliphatic carbocycles. The third kappa shape index (κ3) is 3.57. The highest BCUT2D eigenvalue weighted by Crippen LogP contribution is 1.97. The second kappa shape index (κ2) is 5.16. The molecule has 4 heteroatoms. The van der Waals surface area contributed by atoms with Crippen molar-refractivity contribution in [1.29, 1.82) is 0 Å². The van der Waals surface area contributed by atoms with Gasteiger partial charge in [-0.15, -0.1) is 0 Å². The molecule has 0 saturated carbocycles. The first-order valence-electron chi connectivity index (χ1n) is 3.80. The monoisotopic (exact) mass is 182 g/mol. The quantitative estimate of drug-likeness (QED) is 0.663. The van der Waals surface area contributed by atoms with Crippen LogP contribution < -0.4 is 0 Å². The average molecular weight is 182 g/mol. The highest BCUT2D eigenvalue weighted by Gasteiger charge is 2.00. The standard InChI is InChI=1S/C5H6O2.C4H4O2/c6-4-5-2-1-3-7-5;5-4-2-1-3-6-4/h1-3,6H,4H2;1,3H,2H2. The molecule has 1 aromatic rings. The zero-order chi connectivity index (χ0) is 9.52. The van der Waals surface area contributed by atoms with E-state index in [-0.39, 0.29) is 12.6 Å². The molecule has 0 spiro atoms. The Morgan fingerprint density at radius 2 is 2.38 bits per heavy atom. The SMILES string of the molecule is O=C1CC=CO1.OCc1ccco1. The number of carbonyl (C=O) groups excluding carboxylic acids is 1. The van der Waals surface area contributed by atoms with Crippen molar-refractivity contribution in [3.05, 3.63) is 36.5 Å². The molecule has 2 rings (SSSR count). The summed E-state index contributed by atoms with van der Waals surface area (Å²) in [6, 6.07) is 3.46. The van der Waals surface area contributed by atoms with Crippen LogP contribution in [0.4, 0.5) is 0 Å².